The molecule has 0 bridgehead atoms. The van der Waals surface area contributed by atoms with Gasteiger partial charge in [-0.1, -0.05) is 0 Å². The Hall–Kier alpha value is 0.284. The third kappa shape index (κ3) is 17.7. The standard InChI is InChI=1S/C21H53NO7Si5/c1-30(2,3)25-17-19(27-32(7,8)9)21(29-34(13,14)15)20(28-33(10,11)12)18(16-22(23)24)26-31(4,5)6/h18-21H,16-17H2,1-15H3/t18-,19-,20-,21-/m1/s1. The van der Waals surface area contributed by atoms with Crippen molar-refractivity contribution in [3.05, 3.63) is 10.1 Å². The van der Waals surface area contributed by atoms with Crippen molar-refractivity contribution in [1.29, 1.82) is 0 Å². The summed E-state index contributed by atoms with van der Waals surface area (Å²) in [5.41, 5.74) is 0. The zero-order chi connectivity index (χ0) is 27.3. The minimum Gasteiger partial charge on any atom is -0.415 e. The van der Waals surface area contributed by atoms with E-state index in [1.165, 1.54) is 0 Å². The van der Waals surface area contributed by atoms with E-state index in [1.54, 1.807) is 0 Å². The van der Waals surface area contributed by atoms with Gasteiger partial charge >= 0.3 is 0 Å². The topological polar surface area (TPSA) is 89.3 Å². The molecule has 0 N–H and O–H groups in total. The highest BCUT2D eigenvalue weighted by Gasteiger charge is 2.46. The van der Waals surface area contributed by atoms with Crippen molar-refractivity contribution >= 4 is 41.6 Å². The Morgan fingerprint density at radius 3 is 1.18 bits per heavy atom. The van der Waals surface area contributed by atoms with Crippen LogP contribution in [0.3, 0.4) is 0 Å². The molecule has 0 saturated heterocycles. The molecule has 8 nitrogen and oxygen atoms in total. The summed E-state index contributed by atoms with van der Waals surface area (Å²) in [6.07, 6.45) is -2.27. The van der Waals surface area contributed by atoms with Gasteiger partial charge in [0.2, 0.25) is 6.54 Å². The van der Waals surface area contributed by atoms with Crippen LogP contribution >= 0.6 is 0 Å². The SMILES string of the molecule is C[Si](C)(C)OC[C@@H](O[Si](C)(C)C)[C@@H](O[Si](C)(C)C)[C@H](O[Si](C)(C)C)[C@@H](C[N+](=O)[O-])O[Si](C)(C)C. The van der Waals surface area contributed by atoms with E-state index < -0.39 is 66.0 Å². The summed E-state index contributed by atoms with van der Waals surface area (Å²) in [7, 11) is -10.2. The molecule has 0 spiro atoms. The second kappa shape index (κ2) is 12.7. The van der Waals surface area contributed by atoms with Crippen LogP contribution in [-0.2, 0) is 22.1 Å². The summed E-state index contributed by atoms with van der Waals surface area (Å²) in [4.78, 5) is 11.4. The third-order valence-electron chi connectivity index (χ3n) is 4.06. The lowest BCUT2D eigenvalue weighted by atomic mass is 10.0. The summed E-state index contributed by atoms with van der Waals surface area (Å²) in [6.45, 7) is 31.7. The van der Waals surface area contributed by atoms with Crippen LogP contribution in [-0.4, -0.2) is 84.1 Å². The van der Waals surface area contributed by atoms with Gasteiger partial charge in [-0.25, -0.2) is 0 Å². The van der Waals surface area contributed by atoms with Crippen molar-refractivity contribution in [2.45, 2.75) is 123 Å². The van der Waals surface area contributed by atoms with Gasteiger partial charge in [-0.2, -0.15) is 0 Å². The zero-order valence-electron chi connectivity index (χ0n) is 24.5. The highest BCUT2D eigenvalue weighted by molar-refractivity contribution is 6.71. The van der Waals surface area contributed by atoms with E-state index in [0.717, 1.165) is 0 Å². The molecule has 0 unspecified atom stereocenters. The average molecular weight is 572 g/mol. The maximum absolute atomic E-state index is 11.8. The molecule has 34 heavy (non-hydrogen) atoms. The van der Waals surface area contributed by atoms with Gasteiger partial charge in [-0.05, 0) is 98.2 Å². The predicted molar refractivity (Wildman–Crippen MR) is 154 cm³/mol. The van der Waals surface area contributed by atoms with Crippen molar-refractivity contribution in [3.8, 4) is 0 Å². The predicted octanol–water partition coefficient (Wildman–Crippen LogP) is 6.00. The lowest BCUT2D eigenvalue weighted by Crippen LogP contribution is -2.60. The first kappa shape index (κ1) is 34.3. The summed E-state index contributed by atoms with van der Waals surface area (Å²) >= 11 is 0. The molecule has 0 fully saturated rings. The molecule has 0 amide bonds. The van der Waals surface area contributed by atoms with Gasteiger partial charge in [0, 0.05) is 4.92 Å². The Morgan fingerprint density at radius 2 is 0.882 bits per heavy atom. The van der Waals surface area contributed by atoms with Gasteiger partial charge < -0.3 is 22.1 Å². The monoisotopic (exact) mass is 571 g/mol. The Morgan fingerprint density at radius 1 is 0.559 bits per heavy atom. The van der Waals surface area contributed by atoms with E-state index in [0.29, 0.717) is 6.61 Å². The van der Waals surface area contributed by atoms with Crippen molar-refractivity contribution in [2.24, 2.45) is 0 Å². The molecule has 0 heterocycles. The molecule has 0 saturated carbocycles. The van der Waals surface area contributed by atoms with Crippen LogP contribution in [0.15, 0.2) is 0 Å². The number of hydrogen-bond acceptors (Lipinski definition) is 7. The van der Waals surface area contributed by atoms with Crippen LogP contribution in [0.1, 0.15) is 0 Å². The molecule has 0 rings (SSSR count). The quantitative estimate of drug-likeness (QED) is 0.128. The smallest absolute Gasteiger partial charge is 0.231 e. The van der Waals surface area contributed by atoms with Crippen LogP contribution in [0.4, 0.5) is 0 Å². The number of nitro groups is 1. The van der Waals surface area contributed by atoms with E-state index >= 15 is 0 Å². The fourth-order valence-corrected chi connectivity index (χ4v) is 8.41. The first-order valence-electron chi connectivity index (χ1n) is 12.2. The van der Waals surface area contributed by atoms with Crippen molar-refractivity contribution < 1.29 is 27.1 Å². The fourth-order valence-electron chi connectivity index (χ4n) is 3.32. The molecule has 204 valence electrons. The largest absolute Gasteiger partial charge is 0.415 e. The lowest BCUT2D eigenvalue weighted by molar-refractivity contribution is -0.492. The highest BCUT2D eigenvalue weighted by atomic mass is 28.4. The first-order chi connectivity index (χ1) is 14.8. The number of nitrogens with zero attached hydrogens (tertiary/aromatic N) is 1. The number of rotatable bonds is 16. The molecular formula is C21H53NO7Si5. The van der Waals surface area contributed by atoms with Crippen LogP contribution < -0.4 is 0 Å². The molecule has 0 aliphatic rings. The molecule has 0 aromatic heterocycles. The van der Waals surface area contributed by atoms with Gasteiger partial charge in [-0.3, -0.25) is 10.1 Å². The Kier molecular flexibility index (Phi) is 12.8. The van der Waals surface area contributed by atoms with Crippen molar-refractivity contribution in [2.75, 3.05) is 13.2 Å². The molecular weight excluding hydrogens is 519 g/mol. The van der Waals surface area contributed by atoms with E-state index in [9.17, 15) is 10.1 Å². The van der Waals surface area contributed by atoms with Gasteiger partial charge in [0.15, 0.2) is 41.6 Å². The fraction of sp³-hybridized carbons (Fsp3) is 1.00. The van der Waals surface area contributed by atoms with Gasteiger partial charge in [-0.15, -0.1) is 0 Å². The third-order valence-corrected chi connectivity index (χ3v) is 9.07. The van der Waals surface area contributed by atoms with Gasteiger partial charge in [0.25, 0.3) is 0 Å². The van der Waals surface area contributed by atoms with Crippen molar-refractivity contribution in [3.63, 3.8) is 0 Å². The first-order valence-corrected chi connectivity index (χ1v) is 29.3. The highest BCUT2D eigenvalue weighted by Crippen LogP contribution is 2.28. The minimum absolute atomic E-state index is 0.302. The Labute approximate surface area is 214 Å². The van der Waals surface area contributed by atoms with E-state index in [2.05, 4.69) is 78.6 Å². The van der Waals surface area contributed by atoms with E-state index in [1.807, 2.05) is 19.6 Å². The average Bonchev–Trinajstić information content (AvgIpc) is 2.48. The van der Waals surface area contributed by atoms with Gasteiger partial charge in [0.1, 0.15) is 12.2 Å². The molecule has 0 aromatic carbocycles. The summed E-state index contributed by atoms with van der Waals surface area (Å²) in [6, 6.07) is 0. The second-order valence-corrected chi connectivity index (χ2v) is 36.2. The van der Waals surface area contributed by atoms with Gasteiger partial charge in [0.05, 0.1) is 18.8 Å². The molecule has 4 atom stereocenters. The molecule has 0 radical (unpaired) electrons. The van der Waals surface area contributed by atoms with Crippen LogP contribution in [0.5, 0.6) is 0 Å². The molecule has 0 aliphatic carbocycles. The Bertz CT molecular complexity index is 634. The lowest BCUT2D eigenvalue weighted by Gasteiger charge is -2.44. The summed E-state index contributed by atoms with van der Waals surface area (Å²) < 4.78 is 32.9. The van der Waals surface area contributed by atoms with E-state index in [4.69, 9.17) is 22.1 Å². The normalized spacial score (nSPS) is 17.9. The maximum atomic E-state index is 11.8. The summed E-state index contributed by atoms with van der Waals surface area (Å²) in [5.74, 6) is 0. The van der Waals surface area contributed by atoms with Crippen LogP contribution in [0.25, 0.3) is 0 Å². The molecule has 0 aliphatic heterocycles. The van der Waals surface area contributed by atoms with Crippen molar-refractivity contribution in [1.82, 2.24) is 0 Å². The second-order valence-electron chi connectivity index (χ2n) is 13.9. The maximum Gasteiger partial charge on any atom is 0.231 e. The van der Waals surface area contributed by atoms with Crippen LogP contribution in [0.2, 0.25) is 98.2 Å². The number of hydrogen-bond donors (Lipinski definition) is 0. The summed E-state index contributed by atoms with van der Waals surface area (Å²) in [5, 5.41) is 11.8. The molecule has 0 aromatic rings. The van der Waals surface area contributed by atoms with E-state index in [-0.39, 0.29) is 11.5 Å². The van der Waals surface area contributed by atoms with Crippen LogP contribution in [0, 0.1) is 10.1 Å². The minimum atomic E-state index is -2.14. The Balaban J connectivity index is 6.73. The zero-order valence-corrected chi connectivity index (χ0v) is 29.5. The molecule has 13 heteroatoms.